The second-order valence-electron chi connectivity index (χ2n) is 18.1. The van der Waals surface area contributed by atoms with Gasteiger partial charge in [0.05, 0.1) is 11.4 Å². The molecule has 0 amide bonds. The molecule has 4 nitrogen and oxygen atoms in total. The lowest BCUT2D eigenvalue weighted by Gasteiger charge is -2.44. The van der Waals surface area contributed by atoms with E-state index in [4.69, 9.17) is 0 Å². The van der Waals surface area contributed by atoms with Crippen molar-refractivity contribution in [3.05, 3.63) is 253 Å². The summed E-state index contributed by atoms with van der Waals surface area (Å²) in [5, 5.41) is 0. The van der Waals surface area contributed by atoms with Crippen LogP contribution in [0.2, 0.25) is 0 Å². The summed E-state index contributed by atoms with van der Waals surface area (Å²) in [5.41, 5.74) is 22.1. The average molecular weight is 850 g/mol. The molecule has 0 saturated heterocycles. The number of hydrogen-bond donors (Lipinski definition) is 0. The fourth-order valence-electron chi connectivity index (χ4n) is 11.7. The van der Waals surface area contributed by atoms with Gasteiger partial charge in [-0.05, 0) is 106 Å². The molecule has 9 aromatic rings. The standard InChI is InChI=1S/C62H49N4/c1-4-16-44(17-5-1)47-29-33-51(34-30-47)66-56-35-31-49(45-18-6-2-7-19-45)42-53(56)62(54-43-50(32-36-57(54)66)46-20-8-3-9-21-46,60-27-14-25-55-52-23-11-10-22-48(52)37-39-64(55)60)61-28-15-26-59-58-24-12-13-38-63(58)40-41-65(59)61/h1-13,15-26,28-36,38,42-43H,14,27,37,39-41H2/q+3. The molecular weight excluding hydrogens is 801 g/mol. The third-order valence-corrected chi connectivity index (χ3v) is 14.6. The van der Waals surface area contributed by atoms with Crippen molar-refractivity contribution in [2.24, 2.45) is 0 Å². The van der Waals surface area contributed by atoms with Gasteiger partial charge < -0.3 is 4.90 Å². The fourth-order valence-corrected chi connectivity index (χ4v) is 11.7. The molecule has 0 radical (unpaired) electrons. The number of pyridine rings is 2. The van der Waals surface area contributed by atoms with Gasteiger partial charge in [0.1, 0.15) is 0 Å². The van der Waals surface area contributed by atoms with Crippen molar-refractivity contribution in [1.29, 1.82) is 0 Å². The molecule has 4 aliphatic heterocycles. The summed E-state index contributed by atoms with van der Waals surface area (Å²) >= 11 is 0. The quantitative estimate of drug-likeness (QED) is 0.152. The van der Waals surface area contributed by atoms with E-state index in [0.717, 1.165) is 44.6 Å². The highest BCUT2D eigenvalue weighted by Crippen LogP contribution is 2.58. The molecule has 4 heteroatoms. The monoisotopic (exact) mass is 849 g/mol. The number of benzene rings is 7. The highest BCUT2D eigenvalue weighted by Gasteiger charge is 2.59. The molecule has 0 saturated carbocycles. The minimum absolute atomic E-state index is 0.709. The Bertz CT molecular complexity index is 3310. The van der Waals surface area contributed by atoms with Crippen LogP contribution in [0.3, 0.4) is 0 Å². The SMILES string of the molecule is C1=C2c3ccccc3CC[N+]2=C(C2(c3cccc4[n+]3CC[n+]3ccccc3-4)c3cc(-c4ccccc4)ccc3N(c3ccc(-c4ccccc4)cc3)c3ccc(-c4ccccc4)cc32)CC1. The molecule has 0 N–H and O–H groups in total. The predicted molar refractivity (Wildman–Crippen MR) is 267 cm³/mol. The summed E-state index contributed by atoms with van der Waals surface area (Å²) in [6.45, 7) is 2.68. The maximum atomic E-state index is 2.75. The van der Waals surface area contributed by atoms with Crippen molar-refractivity contribution in [3.63, 3.8) is 0 Å². The Labute approximate surface area is 387 Å². The second kappa shape index (κ2) is 15.6. The zero-order valence-electron chi connectivity index (χ0n) is 36.9. The Kier molecular flexibility index (Phi) is 9.12. The Morgan fingerprint density at radius 2 is 1.02 bits per heavy atom. The molecule has 0 aliphatic carbocycles. The molecule has 66 heavy (non-hydrogen) atoms. The maximum Gasteiger partial charge on any atom is 0.277 e. The smallest absolute Gasteiger partial charge is 0.277 e. The van der Waals surface area contributed by atoms with Crippen LogP contribution < -0.4 is 14.0 Å². The van der Waals surface area contributed by atoms with E-state index in [1.165, 1.54) is 95.5 Å². The van der Waals surface area contributed by atoms with Crippen molar-refractivity contribution < 1.29 is 13.7 Å². The van der Waals surface area contributed by atoms with Crippen molar-refractivity contribution in [2.75, 3.05) is 11.4 Å². The Morgan fingerprint density at radius 1 is 0.439 bits per heavy atom. The number of aromatic nitrogens is 2. The molecule has 0 fully saturated rings. The van der Waals surface area contributed by atoms with Gasteiger partial charge in [0.15, 0.2) is 23.9 Å². The lowest BCUT2D eigenvalue weighted by atomic mass is 9.62. The molecule has 4 aliphatic rings. The zero-order chi connectivity index (χ0) is 43.6. The summed E-state index contributed by atoms with van der Waals surface area (Å²) in [5.74, 6) is 0. The van der Waals surface area contributed by atoms with E-state index in [1.54, 1.807) is 0 Å². The number of rotatable bonds is 6. The summed E-state index contributed by atoms with van der Waals surface area (Å²) in [4.78, 5) is 2.55. The van der Waals surface area contributed by atoms with Gasteiger partial charge >= 0.3 is 0 Å². The number of aryl methyl sites for hydroxylation is 1. The minimum Gasteiger partial charge on any atom is -0.310 e. The maximum absolute atomic E-state index is 2.75. The van der Waals surface area contributed by atoms with Gasteiger partial charge in [-0.2, -0.15) is 13.7 Å². The van der Waals surface area contributed by atoms with Crippen LogP contribution >= 0.6 is 0 Å². The van der Waals surface area contributed by atoms with Gasteiger partial charge in [0, 0.05) is 59.5 Å². The molecule has 0 unspecified atom stereocenters. The third kappa shape index (κ3) is 6.01. The lowest BCUT2D eigenvalue weighted by molar-refractivity contribution is -0.798. The molecule has 7 aromatic carbocycles. The molecular formula is C62H49N4+3. The highest BCUT2D eigenvalue weighted by atomic mass is 15.2. The molecule has 2 aromatic heterocycles. The van der Waals surface area contributed by atoms with Crippen LogP contribution in [0.25, 0.3) is 50.5 Å². The van der Waals surface area contributed by atoms with E-state index in [9.17, 15) is 0 Å². The van der Waals surface area contributed by atoms with Crippen LogP contribution in [0.5, 0.6) is 0 Å². The van der Waals surface area contributed by atoms with Crippen molar-refractivity contribution >= 4 is 28.5 Å². The van der Waals surface area contributed by atoms with Crippen molar-refractivity contribution in [2.45, 2.75) is 37.8 Å². The lowest BCUT2D eigenvalue weighted by Crippen LogP contribution is -2.60. The molecule has 0 atom stereocenters. The van der Waals surface area contributed by atoms with Crippen LogP contribution in [-0.4, -0.2) is 16.8 Å². The van der Waals surface area contributed by atoms with Gasteiger partial charge in [0.2, 0.25) is 24.5 Å². The fraction of sp³-hybridized carbons (Fsp3) is 0.113. The van der Waals surface area contributed by atoms with E-state index in [-0.39, 0.29) is 0 Å². The van der Waals surface area contributed by atoms with Crippen LogP contribution in [0, 0.1) is 0 Å². The summed E-state index contributed by atoms with van der Waals surface area (Å²) in [6, 6.07) is 79.4. The minimum atomic E-state index is -0.709. The molecule has 6 heterocycles. The summed E-state index contributed by atoms with van der Waals surface area (Å²) in [6.07, 6.45) is 7.63. The molecule has 314 valence electrons. The zero-order valence-corrected chi connectivity index (χ0v) is 36.9. The van der Waals surface area contributed by atoms with Gasteiger partial charge in [-0.15, -0.1) is 0 Å². The Hall–Kier alpha value is -7.95. The van der Waals surface area contributed by atoms with Gasteiger partial charge in [-0.25, -0.2) is 0 Å². The third-order valence-electron chi connectivity index (χ3n) is 14.6. The summed E-state index contributed by atoms with van der Waals surface area (Å²) in [7, 11) is 0. The van der Waals surface area contributed by atoms with Gasteiger partial charge in [-0.3, -0.25) is 0 Å². The number of hydrogen-bond acceptors (Lipinski definition) is 1. The summed E-state index contributed by atoms with van der Waals surface area (Å²) < 4.78 is 7.85. The van der Waals surface area contributed by atoms with E-state index in [1.807, 2.05) is 0 Å². The average Bonchev–Trinajstić information content (AvgIpc) is 3.40. The number of nitrogens with zero attached hydrogens (tertiary/aromatic N) is 4. The normalized spacial score (nSPS) is 15.3. The van der Waals surface area contributed by atoms with Gasteiger partial charge in [-0.1, -0.05) is 133 Å². The van der Waals surface area contributed by atoms with Crippen molar-refractivity contribution in [1.82, 2.24) is 0 Å². The van der Waals surface area contributed by atoms with E-state index in [0.29, 0.717) is 0 Å². The van der Waals surface area contributed by atoms with Crippen LogP contribution in [0.1, 0.15) is 40.8 Å². The topological polar surface area (TPSA) is 14.0 Å². The Balaban J connectivity index is 1.18. The number of fused-ring (bicyclic) bond motifs is 8. The first-order valence-corrected chi connectivity index (χ1v) is 23.5. The first-order chi connectivity index (χ1) is 32.7. The van der Waals surface area contributed by atoms with E-state index >= 15 is 0 Å². The molecule has 13 rings (SSSR count). The first-order valence-electron chi connectivity index (χ1n) is 23.5. The Morgan fingerprint density at radius 3 is 1.70 bits per heavy atom. The van der Waals surface area contributed by atoms with Crippen LogP contribution in [-0.2, 0) is 24.9 Å². The molecule has 0 bridgehead atoms. The van der Waals surface area contributed by atoms with Crippen LogP contribution in [0.4, 0.5) is 17.1 Å². The van der Waals surface area contributed by atoms with Gasteiger partial charge in [0.25, 0.3) is 11.4 Å². The molecule has 0 spiro atoms. The predicted octanol–water partition coefficient (Wildman–Crippen LogP) is 12.9. The number of allylic oxidation sites excluding steroid dienone is 1. The van der Waals surface area contributed by atoms with E-state index in [2.05, 4.69) is 243 Å². The second-order valence-corrected chi connectivity index (χ2v) is 18.1. The first kappa shape index (κ1) is 38.5. The van der Waals surface area contributed by atoms with Crippen molar-refractivity contribution in [3.8, 4) is 44.8 Å². The highest BCUT2D eigenvalue weighted by molar-refractivity contribution is 6.07. The largest absolute Gasteiger partial charge is 0.310 e. The number of anilines is 3. The van der Waals surface area contributed by atoms with E-state index < -0.39 is 5.41 Å². The van der Waals surface area contributed by atoms with Crippen LogP contribution in [0.15, 0.2) is 225 Å².